The molecule has 2 amide bonds. The van der Waals surface area contributed by atoms with Crippen LogP contribution in [0.2, 0.25) is 0 Å². The minimum atomic E-state index is -3.30. The van der Waals surface area contributed by atoms with Crippen molar-refractivity contribution >= 4 is 21.8 Å². The minimum Gasteiger partial charge on any atom is -0.493 e. The molecule has 2 unspecified atom stereocenters. The van der Waals surface area contributed by atoms with Crippen molar-refractivity contribution in [2.75, 3.05) is 25.2 Å². The van der Waals surface area contributed by atoms with Crippen molar-refractivity contribution in [3.05, 3.63) is 65.7 Å². The van der Waals surface area contributed by atoms with Crippen molar-refractivity contribution in [3.8, 4) is 5.75 Å². The van der Waals surface area contributed by atoms with Gasteiger partial charge in [-0.25, -0.2) is 13.2 Å². The Morgan fingerprint density at radius 2 is 1.84 bits per heavy atom. The van der Waals surface area contributed by atoms with Crippen molar-refractivity contribution in [1.29, 1.82) is 0 Å². The van der Waals surface area contributed by atoms with Crippen LogP contribution >= 0.6 is 0 Å². The topological polar surface area (TPSA) is 111 Å². The molecule has 3 rings (SSSR count). The zero-order valence-corrected chi connectivity index (χ0v) is 18.8. The van der Waals surface area contributed by atoms with E-state index in [2.05, 4.69) is 10.6 Å². The highest BCUT2D eigenvalue weighted by Gasteiger charge is 2.25. The Hall–Kier alpha value is -3.07. The third kappa shape index (κ3) is 7.56. The number of carbonyl (C=O) groups is 2. The number of rotatable bonds is 9. The molecule has 172 valence electrons. The monoisotopic (exact) mass is 460 g/mol. The summed E-state index contributed by atoms with van der Waals surface area (Å²) in [5.41, 5.74) is 1.88. The van der Waals surface area contributed by atoms with Crippen LogP contribution in [0.25, 0.3) is 0 Å². The summed E-state index contributed by atoms with van der Waals surface area (Å²) in [5, 5.41) is 5.31. The van der Waals surface area contributed by atoms with Gasteiger partial charge in [0.2, 0.25) is 5.91 Å². The molecule has 1 heterocycles. The number of fused-ring (bicyclic) bond motifs is 1. The van der Waals surface area contributed by atoms with Crippen LogP contribution in [0.4, 0.5) is 4.79 Å². The maximum absolute atomic E-state index is 12.7. The average Bonchev–Trinajstić information content (AvgIpc) is 2.78. The molecule has 0 aromatic heterocycles. The molecule has 2 N–H and O–H groups in total. The van der Waals surface area contributed by atoms with E-state index in [9.17, 15) is 18.0 Å². The van der Waals surface area contributed by atoms with Gasteiger partial charge in [0.25, 0.3) is 0 Å². The molecule has 8 nitrogen and oxygen atoms in total. The van der Waals surface area contributed by atoms with Gasteiger partial charge in [-0.1, -0.05) is 48.5 Å². The number of nitrogens with one attached hydrogen (secondary N) is 2. The zero-order valence-electron chi connectivity index (χ0n) is 18.0. The Morgan fingerprint density at radius 1 is 1.12 bits per heavy atom. The van der Waals surface area contributed by atoms with Gasteiger partial charge in [-0.2, -0.15) is 0 Å². The summed E-state index contributed by atoms with van der Waals surface area (Å²) in [7, 11) is -3.30. The molecule has 0 aliphatic carbocycles. The summed E-state index contributed by atoms with van der Waals surface area (Å²) in [6, 6.07) is 15.9. The molecule has 2 aromatic rings. The van der Waals surface area contributed by atoms with Crippen molar-refractivity contribution in [2.45, 2.75) is 25.5 Å². The van der Waals surface area contributed by atoms with Crippen LogP contribution in [0.3, 0.4) is 0 Å². The van der Waals surface area contributed by atoms with Gasteiger partial charge in [0.05, 0.1) is 12.4 Å². The number of amides is 2. The van der Waals surface area contributed by atoms with E-state index in [4.69, 9.17) is 9.47 Å². The molecule has 0 saturated carbocycles. The molecule has 32 heavy (non-hydrogen) atoms. The SMILES string of the molecule is CS(=O)(=O)CCC(NC(=O)OCc1ccccc1)C(=O)NCC1COc2ccccc2C1. The third-order valence-electron chi connectivity index (χ3n) is 5.12. The van der Waals surface area contributed by atoms with E-state index in [0.717, 1.165) is 29.6 Å². The first-order valence-corrected chi connectivity index (χ1v) is 12.5. The molecule has 2 aromatic carbocycles. The molecule has 0 spiro atoms. The lowest BCUT2D eigenvalue weighted by Gasteiger charge is -2.26. The highest BCUT2D eigenvalue weighted by Crippen LogP contribution is 2.26. The Morgan fingerprint density at radius 3 is 2.59 bits per heavy atom. The first kappa shape index (κ1) is 23.6. The van der Waals surface area contributed by atoms with E-state index in [1.165, 1.54) is 0 Å². The Labute approximate surface area is 188 Å². The number of carbonyl (C=O) groups excluding carboxylic acids is 2. The Balaban J connectivity index is 1.53. The lowest BCUT2D eigenvalue weighted by atomic mass is 9.96. The van der Waals surface area contributed by atoms with Crippen LogP contribution < -0.4 is 15.4 Å². The number of para-hydroxylation sites is 1. The molecule has 9 heteroatoms. The number of ether oxygens (including phenoxy) is 2. The van der Waals surface area contributed by atoms with Gasteiger partial charge in [0.1, 0.15) is 28.2 Å². The fraction of sp³-hybridized carbons (Fsp3) is 0.391. The maximum atomic E-state index is 12.7. The van der Waals surface area contributed by atoms with Crippen LogP contribution in [0.1, 0.15) is 17.5 Å². The summed E-state index contributed by atoms with van der Waals surface area (Å²) in [6.45, 7) is 0.868. The summed E-state index contributed by atoms with van der Waals surface area (Å²) in [5.74, 6) is 0.242. The van der Waals surface area contributed by atoms with Crippen molar-refractivity contribution in [1.82, 2.24) is 10.6 Å². The van der Waals surface area contributed by atoms with Gasteiger partial charge in [-0.05, 0) is 30.0 Å². The van der Waals surface area contributed by atoms with Crippen molar-refractivity contribution < 1.29 is 27.5 Å². The second kappa shape index (κ2) is 11.0. The summed E-state index contributed by atoms with van der Waals surface area (Å²) in [4.78, 5) is 25.0. The zero-order chi connectivity index (χ0) is 23.0. The predicted octanol–water partition coefficient (Wildman–Crippen LogP) is 2.08. The number of alkyl carbamates (subject to hydrolysis) is 1. The molecule has 0 radical (unpaired) electrons. The molecular weight excluding hydrogens is 432 g/mol. The van der Waals surface area contributed by atoms with Crippen LogP contribution in [-0.4, -0.2) is 51.6 Å². The highest BCUT2D eigenvalue weighted by molar-refractivity contribution is 7.90. The normalized spacial score (nSPS) is 16.2. The van der Waals surface area contributed by atoms with E-state index in [-0.39, 0.29) is 24.7 Å². The predicted molar refractivity (Wildman–Crippen MR) is 120 cm³/mol. The van der Waals surface area contributed by atoms with Gasteiger partial charge in [-0.15, -0.1) is 0 Å². The molecule has 0 saturated heterocycles. The van der Waals surface area contributed by atoms with Gasteiger partial charge in [0, 0.05) is 18.7 Å². The number of benzene rings is 2. The molecular formula is C23H28N2O6S. The largest absolute Gasteiger partial charge is 0.493 e. The Kier molecular flexibility index (Phi) is 8.10. The van der Waals surface area contributed by atoms with Gasteiger partial charge in [-0.3, -0.25) is 4.79 Å². The second-order valence-corrected chi connectivity index (χ2v) is 10.2. The molecule has 1 aliphatic rings. The third-order valence-corrected chi connectivity index (χ3v) is 6.10. The second-order valence-electron chi connectivity index (χ2n) is 7.91. The summed E-state index contributed by atoms with van der Waals surface area (Å²) in [6.07, 6.45) is 1.02. The molecule has 1 aliphatic heterocycles. The molecule has 0 fully saturated rings. The van der Waals surface area contributed by atoms with E-state index < -0.39 is 27.9 Å². The molecule has 2 atom stereocenters. The molecule has 0 bridgehead atoms. The maximum Gasteiger partial charge on any atom is 0.408 e. The van der Waals surface area contributed by atoms with Crippen molar-refractivity contribution in [2.24, 2.45) is 5.92 Å². The van der Waals surface area contributed by atoms with Crippen LogP contribution in [0.5, 0.6) is 5.75 Å². The highest BCUT2D eigenvalue weighted by atomic mass is 32.2. The summed E-state index contributed by atoms with van der Waals surface area (Å²) < 4.78 is 34.1. The lowest BCUT2D eigenvalue weighted by molar-refractivity contribution is -0.123. The standard InChI is InChI=1S/C23H28N2O6S/c1-32(28,29)12-11-20(25-23(27)31-15-17-7-3-2-4-8-17)22(26)24-14-18-13-19-9-5-6-10-21(19)30-16-18/h2-10,18,20H,11-16H2,1H3,(H,24,26)(H,25,27). The number of sulfone groups is 1. The lowest BCUT2D eigenvalue weighted by Crippen LogP contribution is -2.49. The Bertz CT molecular complexity index is 1030. The van der Waals surface area contributed by atoms with Crippen molar-refractivity contribution in [3.63, 3.8) is 0 Å². The van der Waals surface area contributed by atoms with Crippen LogP contribution in [0.15, 0.2) is 54.6 Å². The fourth-order valence-corrected chi connectivity index (χ4v) is 4.06. The van der Waals surface area contributed by atoms with E-state index >= 15 is 0 Å². The van der Waals surface area contributed by atoms with Crippen LogP contribution in [0, 0.1) is 5.92 Å². The average molecular weight is 461 g/mol. The first-order chi connectivity index (χ1) is 15.3. The first-order valence-electron chi connectivity index (χ1n) is 10.4. The van der Waals surface area contributed by atoms with E-state index in [0.29, 0.717) is 13.2 Å². The quantitative estimate of drug-likeness (QED) is 0.593. The van der Waals surface area contributed by atoms with E-state index in [1.54, 1.807) is 0 Å². The minimum absolute atomic E-state index is 0.0465. The number of hydrogen-bond acceptors (Lipinski definition) is 6. The summed E-state index contributed by atoms with van der Waals surface area (Å²) >= 11 is 0. The van der Waals surface area contributed by atoms with Gasteiger partial charge in [0.15, 0.2) is 0 Å². The smallest absolute Gasteiger partial charge is 0.408 e. The fourth-order valence-electron chi connectivity index (χ4n) is 3.40. The van der Waals surface area contributed by atoms with Gasteiger partial charge >= 0.3 is 6.09 Å². The van der Waals surface area contributed by atoms with E-state index in [1.807, 2.05) is 54.6 Å². The van der Waals surface area contributed by atoms with Gasteiger partial charge < -0.3 is 20.1 Å². The number of hydrogen-bond donors (Lipinski definition) is 2. The van der Waals surface area contributed by atoms with Crippen LogP contribution in [-0.2, 0) is 32.4 Å².